The normalized spacial score (nSPS) is 14.7. The molecule has 2 heterocycles. The summed E-state index contributed by atoms with van der Waals surface area (Å²) in [5.74, 6) is 1.14. The van der Waals surface area contributed by atoms with E-state index in [1.54, 1.807) is 9.47 Å². The first-order chi connectivity index (χ1) is 15.0. The summed E-state index contributed by atoms with van der Waals surface area (Å²) in [4.78, 5) is 34.0. The Labute approximate surface area is 183 Å². The van der Waals surface area contributed by atoms with Crippen LogP contribution in [0.1, 0.15) is 24.8 Å². The van der Waals surface area contributed by atoms with Gasteiger partial charge in [0.05, 0.1) is 11.0 Å². The molecule has 1 amide bonds. The summed E-state index contributed by atoms with van der Waals surface area (Å²) in [6, 6.07) is 18.2. The van der Waals surface area contributed by atoms with Crippen LogP contribution in [0.3, 0.4) is 0 Å². The first-order valence-electron chi connectivity index (χ1n) is 11.0. The van der Waals surface area contributed by atoms with Crippen molar-refractivity contribution in [3.8, 4) is 0 Å². The van der Waals surface area contributed by atoms with Gasteiger partial charge in [0.1, 0.15) is 0 Å². The molecule has 0 spiro atoms. The Bertz CT molecular complexity index is 1100. The van der Waals surface area contributed by atoms with Gasteiger partial charge >= 0.3 is 0 Å². The van der Waals surface area contributed by atoms with Crippen molar-refractivity contribution < 1.29 is 4.79 Å². The van der Waals surface area contributed by atoms with E-state index in [1.165, 1.54) is 5.56 Å². The van der Waals surface area contributed by atoms with E-state index in [0.717, 1.165) is 43.4 Å². The number of fused-ring (bicyclic) bond motifs is 1. The monoisotopic (exact) mass is 418 g/mol. The molecule has 0 atom stereocenters. The number of hydrogen-bond donors (Lipinski definition) is 0. The van der Waals surface area contributed by atoms with Crippen LogP contribution in [0.4, 0.5) is 5.82 Å². The molecule has 1 fully saturated rings. The molecule has 0 aliphatic carbocycles. The highest BCUT2D eigenvalue weighted by Crippen LogP contribution is 2.22. The van der Waals surface area contributed by atoms with Gasteiger partial charge in [-0.3, -0.25) is 9.59 Å². The maximum atomic E-state index is 13.0. The zero-order valence-corrected chi connectivity index (χ0v) is 18.3. The fourth-order valence-corrected chi connectivity index (χ4v) is 4.39. The van der Waals surface area contributed by atoms with Crippen LogP contribution in [0.25, 0.3) is 11.0 Å². The lowest BCUT2D eigenvalue weighted by atomic mass is 9.90. The minimum atomic E-state index is -0.155. The molecule has 6 nitrogen and oxygen atoms in total. The second kappa shape index (κ2) is 9.33. The van der Waals surface area contributed by atoms with Crippen LogP contribution < -0.4 is 10.5 Å². The van der Waals surface area contributed by atoms with Crippen LogP contribution in [0.15, 0.2) is 59.4 Å². The molecule has 4 rings (SSSR count). The molecule has 0 N–H and O–H groups in total. The second-order valence-corrected chi connectivity index (χ2v) is 8.54. The number of hydrogen-bond acceptors (Lipinski definition) is 4. The van der Waals surface area contributed by atoms with Crippen molar-refractivity contribution in [3.63, 3.8) is 0 Å². The summed E-state index contributed by atoms with van der Waals surface area (Å²) < 4.78 is 1.69. The highest BCUT2D eigenvalue weighted by atomic mass is 16.2. The number of anilines is 1. The number of para-hydroxylation sites is 2. The van der Waals surface area contributed by atoms with E-state index in [9.17, 15) is 9.59 Å². The number of likely N-dealkylation sites (tertiary alicyclic amines) is 1. The van der Waals surface area contributed by atoms with Crippen LogP contribution in [0.5, 0.6) is 0 Å². The summed E-state index contributed by atoms with van der Waals surface area (Å²) in [7, 11) is 3.63. The zero-order chi connectivity index (χ0) is 21.8. The van der Waals surface area contributed by atoms with Gasteiger partial charge in [0, 0.05) is 40.2 Å². The Kier molecular flexibility index (Phi) is 6.35. The summed E-state index contributed by atoms with van der Waals surface area (Å²) >= 11 is 0. The van der Waals surface area contributed by atoms with Crippen molar-refractivity contribution in [2.75, 3.05) is 32.1 Å². The molecule has 0 saturated carbocycles. The van der Waals surface area contributed by atoms with Gasteiger partial charge in [0.15, 0.2) is 5.82 Å². The highest BCUT2D eigenvalue weighted by molar-refractivity contribution is 5.78. The van der Waals surface area contributed by atoms with Gasteiger partial charge in [-0.15, -0.1) is 0 Å². The SMILES string of the molecule is CN(C)c1nc2ccccc2n(CCC(=O)N2CCC(Cc3ccccc3)CC2)c1=O. The van der Waals surface area contributed by atoms with Crippen LogP contribution in [-0.4, -0.2) is 47.5 Å². The number of carbonyl (C=O) groups excluding carboxylic acids is 1. The van der Waals surface area contributed by atoms with Gasteiger partial charge in [0.25, 0.3) is 5.56 Å². The molecule has 162 valence electrons. The number of amides is 1. The van der Waals surface area contributed by atoms with Gasteiger partial charge in [-0.05, 0) is 42.9 Å². The number of aryl methyl sites for hydroxylation is 1. The lowest BCUT2D eigenvalue weighted by molar-refractivity contribution is -0.132. The third-order valence-corrected chi connectivity index (χ3v) is 6.14. The smallest absolute Gasteiger partial charge is 0.293 e. The van der Waals surface area contributed by atoms with E-state index >= 15 is 0 Å². The number of benzene rings is 2. The van der Waals surface area contributed by atoms with Crippen molar-refractivity contribution in [1.29, 1.82) is 0 Å². The Morgan fingerprint density at radius 2 is 1.71 bits per heavy atom. The first kappa shape index (κ1) is 21.1. The molecule has 0 bridgehead atoms. The van der Waals surface area contributed by atoms with E-state index < -0.39 is 0 Å². The lowest BCUT2D eigenvalue weighted by Crippen LogP contribution is -2.39. The van der Waals surface area contributed by atoms with Crippen molar-refractivity contribution in [2.24, 2.45) is 5.92 Å². The third-order valence-electron chi connectivity index (χ3n) is 6.14. The van der Waals surface area contributed by atoms with Gasteiger partial charge in [-0.1, -0.05) is 42.5 Å². The zero-order valence-electron chi connectivity index (χ0n) is 18.3. The van der Waals surface area contributed by atoms with Crippen LogP contribution >= 0.6 is 0 Å². The minimum Gasteiger partial charge on any atom is -0.358 e. The molecule has 0 unspecified atom stereocenters. The third kappa shape index (κ3) is 4.79. The molecule has 1 aromatic heterocycles. The Morgan fingerprint density at radius 1 is 1.03 bits per heavy atom. The van der Waals surface area contributed by atoms with Crippen molar-refractivity contribution in [1.82, 2.24) is 14.5 Å². The molecule has 1 aliphatic rings. The quantitative estimate of drug-likeness (QED) is 0.616. The lowest BCUT2D eigenvalue weighted by Gasteiger charge is -2.32. The summed E-state index contributed by atoms with van der Waals surface area (Å²) in [6.45, 7) is 1.96. The number of rotatable bonds is 6. The number of piperidine rings is 1. The summed E-state index contributed by atoms with van der Waals surface area (Å²) in [6.07, 6.45) is 3.46. The predicted octanol–water partition coefficient (Wildman–Crippen LogP) is 3.33. The van der Waals surface area contributed by atoms with E-state index in [-0.39, 0.29) is 11.5 Å². The summed E-state index contributed by atoms with van der Waals surface area (Å²) in [5, 5.41) is 0. The molecule has 2 aromatic carbocycles. The van der Waals surface area contributed by atoms with Gasteiger partial charge in [-0.25, -0.2) is 4.98 Å². The van der Waals surface area contributed by atoms with Crippen LogP contribution in [0, 0.1) is 5.92 Å². The number of nitrogens with zero attached hydrogens (tertiary/aromatic N) is 4. The molecular weight excluding hydrogens is 388 g/mol. The first-order valence-corrected chi connectivity index (χ1v) is 11.0. The predicted molar refractivity (Wildman–Crippen MR) is 124 cm³/mol. The minimum absolute atomic E-state index is 0.123. The standard InChI is InChI=1S/C25H30N4O2/c1-27(2)24-25(31)29(22-11-7-6-10-21(22)26-24)17-14-23(30)28-15-12-20(13-16-28)18-19-8-4-3-5-9-19/h3-11,20H,12-18H2,1-2H3. The Morgan fingerprint density at radius 3 is 2.42 bits per heavy atom. The molecule has 31 heavy (non-hydrogen) atoms. The maximum Gasteiger partial charge on any atom is 0.293 e. The van der Waals surface area contributed by atoms with Crippen LogP contribution in [-0.2, 0) is 17.8 Å². The largest absolute Gasteiger partial charge is 0.358 e. The molecule has 1 aliphatic heterocycles. The molecule has 1 saturated heterocycles. The van der Waals surface area contributed by atoms with Crippen LogP contribution in [0.2, 0.25) is 0 Å². The molecule has 6 heteroatoms. The average Bonchev–Trinajstić information content (AvgIpc) is 2.79. The summed E-state index contributed by atoms with van der Waals surface area (Å²) in [5.41, 5.74) is 2.75. The van der Waals surface area contributed by atoms with Crippen molar-refractivity contribution >= 4 is 22.8 Å². The van der Waals surface area contributed by atoms with Gasteiger partial charge in [-0.2, -0.15) is 0 Å². The van der Waals surface area contributed by atoms with Crippen molar-refractivity contribution in [3.05, 3.63) is 70.5 Å². The molecule has 3 aromatic rings. The highest BCUT2D eigenvalue weighted by Gasteiger charge is 2.23. The van der Waals surface area contributed by atoms with Crippen molar-refractivity contribution in [2.45, 2.75) is 32.2 Å². The Balaban J connectivity index is 1.40. The maximum absolute atomic E-state index is 13.0. The van der Waals surface area contributed by atoms with E-state index in [2.05, 4.69) is 29.2 Å². The number of aromatic nitrogens is 2. The molecular formula is C25H30N4O2. The van der Waals surface area contributed by atoms with Gasteiger partial charge < -0.3 is 14.4 Å². The van der Waals surface area contributed by atoms with E-state index in [4.69, 9.17) is 0 Å². The topological polar surface area (TPSA) is 58.4 Å². The van der Waals surface area contributed by atoms with E-state index in [1.807, 2.05) is 49.3 Å². The fourth-order valence-electron chi connectivity index (χ4n) is 4.39. The average molecular weight is 419 g/mol. The number of carbonyl (C=O) groups is 1. The van der Waals surface area contributed by atoms with E-state index in [0.29, 0.717) is 24.7 Å². The van der Waals surface area contributed by atoms with Gasteiger partial charge in [0.2, 0.25) is 5.91 Å². The molecule has 0 radical (unpaired) electrons. The second-order valence-electron chi connectivity index (χ2n) is 8.54. The Hall–Kier alpha value is -3.15. The fraction of sp³-hybridized carbons (Fsp3) is 0.400.